The molecule has 1 aliphatic heterocycles. The highest BCUT2D eigenvalue weighted by Gasteiger charge is 2.25. The van der Waals surface area contributed by atoms with Gasteiger partial charge in [0, 0.05) is 48.3 Å². The molecule has 0 saturated heterocycles. The second-order valence-electron chi connectivity index (χ2n) is 7.40. The Balaban J connectivity index is 1.59. The van der Waals surface area contributed by atoms with E-state index in [-0.39, 0.29) is 0 Å². The van der Waals surface area contributed by atoms with Crippen LogP contribution in [0.4, 0.5) is 11.5 Å². The Labute approximate surface area is 178 Å². The molecule has 0 atom stereocenters. The molecule has 0 aliphatic carbocycles. The molecule has 0 unspecified atom stereocenters. The molecule has 150 valence electrons. The number of nitrogens with two attached hydrogens (primary N) is 1. The summed E-state index contributed by atoms with van der Waals surface area (Å²) in [5.41, 5.74) is 9.39. The molecule has 5 rings (SSSR count). The number of carbonyl (C=O) groups excluding carboxylic acids is 1. The van der Waals surface area contributed by atoms with E-state index in [2.05, 4.69) is 29.4 Å². The fraction of sp³-hybridized carbons (Fsp3) is 0.174. The van der Waals surface area contributed by atoms with Gasteiger partial charge in [-0.25, -0.2) is 9.97 Å². The van der Waals surface area contributed by atoms with Crippen LogP contribution in [0.15, 0.2) is 53.9 Å². The number of fused-ring (bicyclic) bond motifs is 2. The van der Waals surface area contributed by atoms with Gasteiger partial charge in [0.05, 0.1) is 10.6 Å². The van der Waals surface area contributed by atoms with Gasteiger partial charge in [-0.05, 0) is 11.6 Å². The van der Waals surface area contributed by atoms with Gasteiger partial charge in [-0.15, -0.1) is 11.3 Å². The van der Waals surface area contributed by atoms with Gasteiger partial charge >= 0.3 is 0 Å². The van der Waals surface area contributed by atoms with Crippen molar-refractivity contribution in [3.05, 3.63) is 70.7 Å². The Morgan fingerprint density at radius 2 is 1.97 bits per heavy atom. The molecule has 0 radical (unpaired) electrons. The van der Waals surface area contributed by atoms with E-state index in [1.807, 2.05) is 35.7 Å². The number of likely N-dealkylation sites (N-methyl/N-ethyl adjacent to an activating group) is 1. The second kappa shape index (κ2) is 7.42. The van der Waals surface area contributed by atoms with Gasteiger partial charge in [0.25, 0.3) is 0 Å². The van der Waals surface area contributed by atoms with Crippen LogP contribution in [0, 0.1) is 0 Å². The van der Waals surface area contributed by atoms with E-state index >= 15 is 0 Å². The summed E-state index contributed by atoms with van der Waals surface area (Å²) < 4.78 is 0. The summed E-state index contributed by atoms with van der Waals surface area (Å²) in [5, 5.41) is 7.28. The SMILES string of the molecule is CN1CCc2nc(-c3scc4c(C(N)=O)cccc34)nc(NCc3ccccc3)c21. The van der Waals surface area contributed by atoms with E-state index in [1.165, 1.54) is 5.56 Å². The van der Waals surface area contributed by atoms with Crippen LogP contribution in [0.1, 0.15) is 21.6 Å². The molecule has 1 amide bonds. The lowest BCUT2D eigenvalue weighted by Gasteiger charge is -2.17. The summed E-state index contributed by atoms with van der Waals surface area (Å²) in [7, 11) is 2.07. The lowest BCUT2D eigenvalue weighted by atomic mass is 10.1. The van der Waals surface area contributed by atoms with Crippen molar-refractivity contribution in [2.45, 2.75) is 13.0 Å². The monoisotopic (exact) mass is 415 g/mol. The molecule has 2 aromatic carbocycles. The van der Waals surface area contributed by atoms with Crippen LogP contribution in [0.3, 0.4) is 0 Å². The average Bonchev–Trinajstić information content (AvgIpc) is 3.36. The number of nitrogens with zero attached hydrogens (tertiary/aromatic N) is 3. The van der Waals surface area contributed by atoms with E-state index in [1.54, 1.807) is 17.4 Å². The van der Waals surface area contributed by atoms with Gasteiger partial charge in [-0.2, -0.15) is 0 Å². The largest absolute Gasteiger partial charge is 0.370 e. The van der Waals surface area contributed by atoms with Gasteiger partial charge < -0.3 is 16.0 Å². The molecule has 4 aromatic rings. The van der Waals surface area contributed by atoms with Crippen molar-refractivity contribution in [1.29, 1.82) is 0 Å². The molecule has 2 aromatic heterocycles. The van der Waals surface area contributed by atoms with Crippen LogP contribution in [0.25, 0.3) is 21.5 Å². The Morgan fingerprint density at radius 1 is 1.13 bits per heavy atom. The Bertz CT molecular complexity index is 1250. The fourth-order valence-electron chi connectivity index (χ4n) is 3.93. The number of benzene rings is 2. The van der Waals surface area contributed by atoms with Crippen molar-refractivity contribution < 1.29 is 4.79 Å². The maximum atomic E-state index is 11.8. The molecule has 6 nitrogen and oxygen atoms in total. The van der Waals surface area contributed by atoms with Gasteiger partial charge in [0.1, 0.15) is 5.69 Å². The fourth-order valence-corrected chi connectivity index (χ4v) is 4.92. The van der Waals surface area contributed by atoms with Crippen molar-refractivity contribution in [3.63, 3.8) is 0 Å². The van der Waals surface area contributed by atoms with Gasteiger partial charge in [-0.1, -0.05) is 42.5 Å². The first kappa shape index (κ1) is 18.6. The van der Waals surface area contributed by atoms with Crippen LogP contribution in [0.5, 0.6) is 0 Å². The Kier molecular flexibility index (Phi) is 4.59. The normalized spacial score (nSPS) is 12.9. The topological polar surface area (TPSA) is 84.1 Å². The summed E-state index contributed by atoms with van der Waals surface area (Å²) in [6.45, 7) is 1.61. The predicted octanol–water partition coefficient (Wildman–Crippen LogP) is 4.06. The molecule has 0 bridgehead atoms. The molecule has 0 fully saturated rings. The molecule has 1 aliphatic rings. The van der Waals surface area contributed by atoms with E-state index in [0.717, 1.165) is 45.8 Å². The van der Waals surface area contributed by atoms with Crippen molar-refractivity contribution >= 4 is 39.5 Å². The summed E-state index contributed by atoms with van der Waals surface area (Å²) in [4.78, 5) is 24.8. The molecule has 30 heavy (non-hydrogen) atoms. The predicted molar refractivity (Wildman–Crippen MR) is 122 cm³/mol. The third-order valence-electron chi connectivity index (χ3n) is 5.44. The number of aromatic nitrogens is 2. The third-order valence-corrected chi connectivity index (χ3v) is 6.43. The zero-order chi connectivity index (χ0) is 20.7. The Morgan fingerprint density at radius 3 is 2.77 bits per heavy atom. The summed E-state index contributed by atoms with van der Waals surface area (Å²) in [5.74, 6) is 1.10. The van der Waals surface area contributed by atoms with Crippen molar-refractivity contribution in [1.82, 2.24) is 9.97 Å². The zero-order valence-electron chi connectivity index (χ0n) is 16.6. The maximum absolute atomic E-state index is 11.8. The number of rotatable bonds is 5. The van der Waals surface area contributed by atoms with Gasteiger partial charge in [0.2, 0.25) is 5.91 Å². The van der Waals surface area contributed by atoms with Crippen LogP contribution < -0.4 is 16.0 Å². The van der Waals surface area contributed by atoms with Crippen LogP contribution in [-0.4, -0.2) is 29.5 Å². The minimum Gasteiger partial charge on any atom is -0.370 e. The lowest BCUT2D eigenvalue weighted by molar-refractivity contribution is 0.100. The highest BCUT2D eigenvalue weighted by molar-refractivity contribution is 7.15. The van der Waals surface area contributed by atoms with E-state index in [4.69, 9.17) is 15.7 Å². The average molecular weight is 416 g/mol. The second-order valence-corrected chi connectivity index (χ2v) is 8.28. The van der Waals surface area contributed by atoms with Crippen LogP contribution >= 0.6 is 11.3 Å². The quantitative estimate of drug-likeness (QED) is 0.513. The van der Waals surface area contributed by atoms with E-state index in [0.29, 0.717) is 17.9 Å². The standard InChI is InChI=1S/C23H21N5OS/c1-28-11-10-18-19(28)22(25-12-14-6-3-2-4-7-14)27-23(26-18)20-15-8-5-9-16(21(24)29)17(15)13-30-20/h2-9,13H,10-12H2,1H3,(H2,24,29)(H,25,26,27). The first-order valence-corrected chi connectivity index (χ1v) is 10.7. The number of amides is 1. The van der Waals surface area contributed by atoms with E-state index < -0.39 is 5.91 Å². The van der Waals surface area contributed by atoms with E-state index in [9.17, 15) is 4.79 Å². The molecular formula is C23H21N5OS. The molecule has 3 heterocycles. The first-order chi connectivity index (χ1) is 14.6. The minimum absolute atomic E-state index is 0.424. The summed E-state index contributed by atoms with van der Waals surface area (Å²) in [6.07, 6.45) is 0.886. The zero-order valence-corrected chi connectivity index (χ0v) is 17.4. The minimum atomic E-state index is -0.424. The number of anilines is 2. The Hall–Kier alpha value is -3.45. The number of hydrogen-bond donors (Lipinski definition) is 2. The lowest BCUT2D eigenvalue weighted by Crippen LogP contribution is -2.15. The number of primary amides is 1. The molecule has 0 saturated carbocycles. The molecular weight excluding hydrogens is 394 g/mol. The summed E-state index contributed by atoms with van der Waals surface area (Å²) >= 11 is 1.54. The molecule has 0 spiro atoms. The van der Waals surface area contributed by atoms with Crippen LogP contribution in [0.2, 0.25) is 0 Å². The highest BCUT2D eigenvalue weighted by Crippen LogP contribution is 2.39. The number of thiophene rings is 1. The number of nitrogens with one attached hydrogen (secondary N) is 1. The van der Waals surface area contributed by atoms with Gasteiger partial charge in [-0.3, -0.25) is 4.79 Å². The molecule has 7 heteroatoms. The van der Waals surface area contributed by atoms with Crippen LogP contribution in [-0.2, 0) is 13.0 Å². The summed E-state index contributed by atoms with van der Waals surface area (Å²) in [6, 6.07) is 15.9. The molecule has 3 N–H and O–H groups in total. The van der Waals surface area contributed by atoms with Crippen molar-refractivity contribution in [2.75, 3.05) is 23.8 Å². The van der Waals surface area contributed by atoms with Crippen molar-refractivity contribution in [3.8, 4) is 10.7 Å². The number of hydrogen-bond acceptors (Lipinski definition) is 6. The maximum Gasteiger partial charge on any atom is 0.249 e. The smallest absolute Gasteiger partial charge is 0.249 e. The van der Waals surface area contributed by atoms with Crippen molar-refractivity contribution in [2.24, 2.45) is 5.73 Å². The highest BCUT2D eigenvalue weighted by atomic mass is 32.1. The van der Waals surface area contributed by atoms with Gasteiger partial charge in [0.15, 0.2) is 11.6 Å². The first-order valence-electron chi connectivity index (χ1n) is 9.82. The number of carbonyl (C=O) groups is 1. The third kappa shape index (κ3) is 3.17.